The van der Waals surface area contributed by atoms with E-state index < -0.39 is 32.7 Å². The molecule has 0 aliphatic carbocycles. The second-order valence-electron chi connectivity index (χ2n) is 4.31. The molecule has 1 N–H and O–H groups in total. The van der Waals surface area contributed by atoms with Crippen molar-refractivity contribution in [3.8, 4) is 0 Å². The number of esters is 1. The van der Waals surface area contributed by atoms with E-state index in [4.69, 9.17) is 4.74 Å². The molecule has 0 spiro atoms. The zero-order valence-electron chi connectivity index (χ0n) is 12.1. The largest absolute Gasteiger partial charge is 0.465 e. The number of rotatable bonds is 7. The zero-order chi connectivity index (χ0) is 16.0. The van der Waals surface area contributed by atoms with Gasteiger partial charge in [-0.25, -0.2) is 22.3 Å². The molecule has 1 atom stereocenters. The fraction of sp³-hybridized carbons (Fsp3) is 0.462. The SMILES string of the molecule is CCC(COC)NS(=O)(=O)c1cc(F)ccc1C(=O)OC. The van der Waals surface area contributed by atoms with Gasteiger partial charge in [0, 0.05) is 13.2 Å². The molecule has 1 aromatic rings. The fourth-order valence-electron chi connectivity index (χ4n) is 1.72. The normalized spacial score (nSPS) is 13.0. The maximum absolute atomic E-state index is 13.3. The van der Waals surface area contributed by atoms with Crippen molar-refractivity contribution < 1.29 is 27.1 Å². The van der Waals surface area contributed by atoms with Gasteiger partial charge in [0.25, 0.3) is 0 Å². The topological polar surface area (TPSA) is 81.7 Å². The maximum Gasteiger partial charge on any atom is 0.339 e. The van der Waals surface area contributed by atoms with Crippen LogP contribution in [0.25, 0.3) is 0 Å². The van der Waals surface area contributed by atoms with Gasteiger partial charge in [0.15, 0.2) is 0 Å². The Labute approximate surface area is 123 Å². The highest BCUT2D eigenvalue weighted by atomic mass is 32.2. The Hall–Kier alpha value is -1.51. The van der Waals surface area contributed by atoms with Crippen LogP contribution in [0.2, 0.25) is 0 Å². The van der Waals surface area contributed by atoms with E-state index in [0.717, 1.165) is 25.3 Å². The van der Waals surface area contributed by atoms with Gasteiger partial charge < -0.3 is 9.47 Å². The molecule has 0 aliphatic heterocycles. The van der Waals surface area contributed by atoms with Crippen LogP contribution in [-0.4, -0.2) is 41.3 Å². The summed E-state index contributed by atoms with van der Waals surface area (Å²) in [6.45, 7) is 1.94. The molecule has 0 amide bonds. The summed E-state index contributed by atoms with van der Waals surface area (Å²) in [5.74, 6) is -1.61. The number of hydrogen-bond donors (Lipinski definition) is 1. The van der Waals surface area contributed by atoms with Crippen molar-refractivity contribution in [2.45, 2.75) is 24.3 Å². The van der Waals surface area contributed by atoms with Crippen LogP contribution in [0.5, 0.6) is 0 Å². The third kappa shape index (κ3) is 4.48. The summed E-state index contributed by atoms with van der Waals surface area (Å²) < 4.78 is 49.8. The summed E-state index contributed by atoms with van der Waals surface area (Å²) >= 11 is 0. The van der Waals surface area contributed by atoms with Crippen LogP contribution in [0.15, 0.2) is 23.1 Å². The van der Waals surface area contributed by atoms with Crippen LogP contribution >= 0.6 is 0 Å². The number of carbonyl (C=O) groups excluding carboxylic acids is 1. The van der Waals surface area contributed by atoms with Crippen LogP contribution in [0.3, 0.4) is 0 Å². The lowest BCUT2D eigenvalue weighted by molar-refractivity contribution is 0.0596. The van der Waals surface area contributed by atoms with Crippen molar-refractivity contribution in [2.24, 2.45) is 0 Å². The molecule has 0 saturated carbocycles. The lowest BCUT2D eigenvalue weighted by atomic mass is 10.2. The molecule has 6 nitrogen and oxygen atoms in total. The van der Waals surface area contributed by atoms with E-state index >= 15 is 0 Å². The number of methoxy groups -OCH3 is 2. The molecule has 21 heavy (non-hydrogen) atoms. The molecule has 1 aromatic carbocycles. The summed E-state index contributed by atoms with van der Waals surface area (Å²) in [5, 5.41) is 0. The molecule has 0 radical (unpaired) electrons. The molecular formula is C13H18FNO5S. The van der Waals surface area contributed by atoms with Crippen molar-refractivity contribution in [3.63, 3.8) is 0 Å². The fourth-order valence-corrected chi connectivity index (χ4v) is 3.23. The summed E-state index contributed by atoms with van der Waals surface area (Å²) in [4.78, 5) is 11.2. The third-order valence-corrected chi connectivity index (χ3v) is 4.38. The summed E-state index contributed by atoms with van der Waals surface area (Å²) in [5.41, 5.74) is -0.223. The third-order valence-electron chi connectivity index (χ3n) is 2.82. The van der Waals surface area contributed by atoms with Crippen LogP contribution in [0.4, 0.5) is 4.39 Å². The number of sulfonamides is 1. The lowest BCUT2D eigenvalue weighted by Gasteiger charge is -2.17. The predicted molar refractivity (Wildman–Crippen MR) is 74.0 cm³/mol. The Balaban J connectivity index is 3.23. The number of nitrogens with one attached hydrogen (secondary N) is 1. The number of hydrogen-bond acceptors (Lipinski definition) is 5. The van der Waals surface area contributed by atoms with Gasteiger partial charge in [-0.15, -0.1) is 0 Å². The van der Waals surface area contributed by atoms with E-state index in [0.29, 0.717) is 6.42 Å². The highest BCUT2D eigenvalue weighted by molar-refractivity contribution is 7.89. The van der Waals surface area contributed by atoms with Crippen LogP contribution in [0.1, 0.15) is 23.7 Å². The minimum absolute atomic E-state index is 0.165. The summed E-state index contributed by atoms with van der Waals surface area (Å²) in [7, 11) is -1.51. The average Bonchev–Trinajstić information content (AvgIpc) is 2.45. The quantitative estimate of drug-likeness (QED) is 0.767. The number of carbonyl (C=O) groups is 1. The summed E-state index contributed by atoms with van der Waals surface area (Å²) in [6, 6.07) is 2.38. The lowest BCUT2D eigenvalue weighted by Crippen LogP contribution is -2.38. The first-order chi connectivity index (χ1) is 9.85. The molecule has 0 aliphatic rings. The van der Waals surface area contributed by atoms with Gasteiger partial charge >= 0.3 is 5.97 Å². The standard InChI is InChI=1S/C13H18FNO5S/c1-4-10(8-19-2)15-21(17,18)12-7-9(14)5-6-11(12)13(16)20-3/h5-7,10,15H,4,8H2,1-3H3. The van der Waals surface area contributed by atoms with Gasteiger partial charge in [0.05, 0.1) is 24.2 Å². The van der Waals surface area contributed by atoms with Gasteiger partial charge in [-0.1, -0.05) is 6.92 Å². The second-order valence-corrected chi connectivity index (χ2v) is 6.00. The first kappa shape index (κ1) is 17.5. The predicted octanol–water partition coefficient (Wildman–Crippen LogP) is 1.32. The molecular weight excluding hydrogens is 301 g/mol. The van der Waals surface area contributed by atoms with Gasteiger partial charge in [0.1, 0.15) is 5.82 Å². The summed E-state index contributed by atoms with van der Waals surface area (Å²) in [6.07, 6.45) is 0.482. The first-order valence-corrected chi connectivity index (χ1v) is 7.73. The van der Waals surface area contributed by atoms with Gasteiger partial charge in [-0.3, -0.25) is 0 Å². The Morgan fingerprint density at radius 1 is 1.38 bits per heavy atom. The van der Waals surface area contributed by atoms with Crippen LogP contribution < -0.4 is 4.72 Å². The van der Waals surface area contributed by atoms with Gasteiger partial charge in [-0.2, -0.15) is 0 Å². The van der Waals surface area contributed by atoms with Crippen molar-refractivity contribution in [1.29, 1.82) is 0 Å². The number of benzene rings is 1. The highest BCUT2D eigenvalue weighted by Gasteiger charge is 2.26. The molecule has 0 fully saturated rings. The van der Waals surface area contributed by atoms with E-state index in [1.807, 2.05) is 0 Å². The van der Waals surface area contributed by atoms with Crippen molar-refractivity contribution >= 4 is 16.0 Å². The molecule has 1 unspecified atom stereocenters. The van der Waals surface area contributed by atoms with Crippen molar-refractivity contribution in [3.05, 3.63) is 29.6 Å². The van der Waals surface area contributed by atoms with E-state index in [1.165, 1.54) is 7.11 Å². The van der Waals surface area contributed by atoms with Gasteiger partial charge in [0.2, 0.25) is 10.0 Å². The van der Waals surface area contributed by atoms with E-state index in [2.05, 4.69) is 9.46 Å². The first-order valence-electron chi connectivity index (χ1n) is 6.24. The minimum atomic E-state index is -4.07. The Morgan fingerprint density at radius 2 is 2.05 bits per heavy atom. The molecule has 8 heteroatoms. The molecule has 0 heterocycles. The highest BCUT2D eigenvalue weighted by Crippen LogP contribution is 2.19. The monoisotopic (exact) mass is 319 g/mol. The Morgan fingerprint density at radius 3 is 2.57 bits per heavy atom. The van der Waals surface area contributed by atoms with E-state index in [-0.39, 0.29) is 12.2 Å². The Kier molecular flexibility index (Phi) is 6.25. The average molecular weight is 319 g/mol. The Bertz CT molecular complexity index is 603. The number of ether oxygens (including phenoxy) is 2. The zero-order valence-corrected chi connectivity index (χ0v) is 12.9. The van der Waals surface area contributed by atoms with Crippen molar-refractivity contribution in [2.75, 3.05) is 20.8 Å². The van der Waals surface area contributed by atoms with Crippen LogP contribution in [0, 0.1) is 5.82 Å². The number of halogens is 1. The van der Waals surface area contributed by atoms with E-state index in [1.54, 1.807) is 6.92 Å². The van der Waals surface area contributed by atoms with E-state index in [9.17, 15) is 17.6 Å². The van der Waals surface area contributed by atoms with Crippen molar-refractivity contribution in [1.82, 2.24) is 4.72 Å². The second kappa shape index (κ2) is 7.48. The molecule has 0 aromatic heterocycles. The maximum atomic E-state index is 13.3. The molecule has 1 rings (SSSR count). The van der Waals surface area contributed by atoms with Gasteiger partial charge in [-0.05, 0) is 24.6 Å². The molecule has 0 saturated heterocycles. The molecule has 0 bridgehead atoms. The minimum Gasteiger partial charge on any atom is -0.465 e. The molecule has 118 valence electrons. The smallest absolute Gasteiger partial charge is 0.339 e. The van der Waals surface area contributed by atoms with Crippen LogP contribution in [-0.2, 0) is 19.5 Å².